The van der Waals surface area contributed by atoms with E-state index in [1.165, 1.54) is 21.4 Å². The van der Waals surface area contributed by atoms with Gasteiger partial charge in [0.1, 0.15) is 0 Å². The molecule has 100 valence electrons. The molecule has 0 radical (unpaired) electrons. The first-order valence-electron chi connectivity index (χ1n) is 8.00. The molecule has 0 aromatic rings. The van der Waals surface area contributed by atoms with E-state index in [0.717, 1.165) is 23.4 Å². The normalized spacial score (nSPS) is 39.9. The van der Waals surface area contributed by atoms with Crippen LogP contribution in [0.5, 0.6) is 0 Å². The second kappa shape index (κ2) is 7.13. The van der Waals surface area contributed by atoms with Crippen LogP contribution >= 0.6 is 8.58 Å². The lowest BCUT2D eigenvalue weighted by Crippen LogP contribution is -2.26. The molecule has 2 aliphatic rings. The first kappa shape index (κ1) is 13.9. The molecule has 0 N–H and O–H groups in total. The molecule has 1 unspecified atom stereocenters. The van der Waals surface area contributed by atoms with E-state index in [9.17, 15) is 0 Å². The summed E-state index contributed by atoms with van der Waals surface area (Å²) in [5.74, 6) is 3.32. The average molecular weight is 254 g/mol. The lowest BCUT2D eigenvalue weighted by molar-refractivity contribution is 0.164. The van der Waals surface area contributed by atoms with Gasteiger partial charge in [-0.15, -0.1) is 8.58 Å². The maximum atomic E-state index is 2.40. The van der Waals surface area contributed by atoms with E-state index >= 15 is 0 Å². The lowest BCUT2D eigenvalue weighted by Gasteiger charge is -2.37. The highest BCUT2D eigenvalue weighted by molar-refractivity contribution is 7.37. The molecule has 0 nitrogen and oxygen atoms in total. The SMILES string of the molecule is CCCC1CCC(C2CCC(PC)CC2)CC1. The Bertz CT molecular complexity index is 198. The summed E-state index contributed by atoms with van der Waals surface area (Å²) in [7, 11) is 1.20. The minimum absolute atomic E-state index is 1.09. The van der Waals surface area contributed by atoms with Crippen molar-refractivity contribution >= 4 is 8.58 Å². The van der Waals surface area contributed by atoms with Crippen LogP contribution in [-0.2, 0) is 0 Å². The van der Waals surface area contributed by atoms with Crippen molar-refractivity contribution in [2.75, 3.05) is 6.66 Å². The van der Waals surface area contributed by atoms with E-state index in [2.05, 4.69) is 13.6 Å². The summed E-state index contributed by atoms with van der Waals surface area (Å²) >= 11 is 0. The third-order valence-corrected chi connectivity index (χ3v) is 6.83. The van der Waals surface area contributed by atoms with Crippen LogP contribution in [-0.4, -0.2) is 12.3 Å². The first-order valence-corrected chi connectivity index (χ1v) is 9.58. The third-order valence-electron chi connectivity index (χ3n) is 5.44. The molecule has 17 heavy (non-hydrogen) atoms. The molecule has 0 bridgehead atoms. The molecule has 1 heteroatoms. The van der Waals surface area contributed by atoms with E-state index in [1.54, 1.807) is 51.4 Å². The Kier molecular flexibility index (Phi) is 5.81. The molecule has 0 amide bonds. The Balaban J connectivity index is 1.70. The summed E-state index contributed by atoms with van der Waals surface area (Å²) in [5.41, 5.74) is 1.10. The van der Waals surface area contributed by atoms with Crippen molar-refractivity contribution in [1.82, 2.24) is 0 Å². The van der Waals surface area contributed by atoms with Crippen molar-refractivity contribution in [2.24, 2.45) is 17.8 Å². The second-order valence-electron chi connectivity index (χ2n) is 6.47. The molecule has 2 aliphatic carbocycles. The largest absolute Gasteiger partial charge is 0.122 e. The van der Waals surface area contributed by atoms with Gasteiger partial charge in [-0.2, -0.15) is 0 Å². The van der Waals surface area contributed by atoms with Crippen molar-refractivity contribution in [1.29, 1.82) is 0 Å². The highest BCUT2D eigenvalue weighted by Gasteiger charge is 2.30. The van der Waals surface area contributed by atoms with Gasteiger partial charge in [0, 0.05) is 0 Å². The summed E-state index contributed by atoms with van der Waals surface area (Å²) in [5, 5.41) is 0. The number of hydrogen-bond acceptors (Lipinski definition) is 0. The van der Waals surface area contributed by atoms with Crippen molar-refractivity contribution in [3.05, 3.63) is 0 Å². The van der Waals surface area contributed by atoms with Crippen LogP contribution < -0.4 is 0 Å². The molecular formula is C16H31P. The lowest BCUT2D eigenvalue weighted by atomic mass is 9.70. The molecule has 2 fully saturated rings. The zero-order chi connectivity index (χ0) is 12.1. The summed E-state index contributed by atoms with van der Waals surface area (Å²) in [4.78, 5) is 0. The van der Waals surface area contributed by atoms with Gasteiger partial charge in [0.2, 0.25) is 0 Å². The fourth-order valence-electron chi connectivity index (χ4n) is 4.24. The second-order valence-corrected chi connectivity index (χ2v) is 7.86. The topological polar surface area (TPSA) is 0 Å². The number of rotatable bonds is 4. The predicted octanol–water partition coefficient (Wildman–Crippen LogP) is 5.46. The zero-order valence-corrected chi connectivity index (χ0v) is 12.9. The molecule has 1 atom stereocenters. The molecule has 0 spiro atoms. The number of hydrogen-bond donors (Lipinski definition) is 0. The quantitative estimate of drug-likeness (QED) is 0.584. The smallest absolute Gasteiger partial charge is 0.0239 e. The maximum absolute atomic E-state index is 2.40. The first-order chi connectivity index (χ1) is 8.33. The van der Waals surface area contributed by atoms with Gasteiger partial charge in [0.05, 0.1) is 0 Å². The minimum atomic E-state index is 1.09. The Morgan fingerprint density at radius 2 is 1.35 bits per heavy atom. The fourth-order valence-corrected chi connectivity index (χ4v) is 5.15. The molecule has 0 aromatic carbocycles. The van der Waals surface area contributed by atoms with Crippen LogP contribution in [0.25, 0.3) is 0 Å². The predicted molar refractivity (Wildman–Crippen MR) is 80.3 cm³/mol. The van der Waals surface area contributed by atoms with Gasteiger partial charge >= 0.3 is 0 Å². The Morgan fingerprint density at radius 1 is 0.824 bits per heavy atom. The van der Waals surface area contributed by atoms with Crippen molar-refractivity contribution < 1.29 is 0 Å². The van der Waals surface area contributed by atoms with E-state index in [-0.39, 0.29) is 0 Å². The van der Waals surface area contributed by atoms with Gasteiger partial charge in [-0.25, -0.2) is 0 Å². The van der Waals surface area contributed by atoms with Crippen LogP contribution in [0, 0.1) is 17.8 Å². The van der Waals surface area contributed by atoms with Gasteiger partial charge < -0.3 is 0 Å². The molecule has 0 aromatic heterocycles. The van der Waals surface area contributed by atoms with Gasteiger partial charge in [0.15, 0.2) is 0 Å². The monoisotopic (exact) mass is 254 g/mol. The van der Waals surface area contributed by atoms with Gasteiger partial charge in [-0.05, 0) is 68.6 Å². The third kappa shape index (κ3) is 3.95. The molecule has 0 heterocycles. The highest BCUT2D eigenvalue weighted by atomic mass is 31.1. The Morgan fingerprint density at radius 3 is 1.82 bits per heavy atom. The Hall–Kier alpha value is 0.430. The van der Waals surface area contributed by atoms with Crippen molar-refractivity contribution in [3.8, 4) is 0 Å². The summed E-state index contributed by atoms with van der Waals surface area (Å²) < 4.78 is 0. The van der Waals surface area contributed by atoms with Crippen molar-refractivity contribution in [2.45, 2.75) is 76.8 Å². The van der Waals surface area contributed by atoms with Gasteiger partial charge in [0.25, 0.3) is 0 Å². The van der Waals surface area contributed by atoms with E-state index in [1.807, 2.05) is 0 Å². The summed E-state index contributed by atoms with van der Waals surface area (Å²) in [6, 6.07) is 0. The summed E-state index contributed by atoms with van der Waals surface area (Å²) in [6.07, 6.45) is 15.4. The molecule has 0 saturated heterocycles. The van der Waals surface area contributed by atoms with Crippen LogP contribution in [0.15, 0.2) is 0 Å². The van der Waals surface area contributed by atoms with Crippen LogP contribution in [0.2, 0.25) is 0 Å². The zero-order valence-electron chi connectivity index (χ0n) is 11.9. The van der Waals surface area contributed by atoms with Crippen molar-refractivity contribution in [3.63, 3.8) is 0 Å². The highest BCUT2D eigenvalue weighted by Crippen LogP contribution is 2.43. The van der Waals surface area contributed by atoms with Crippen LogP contribution in [0.3, 0.4) is 0 Å². The Labute approximate surface area is 110 Å². The van der Waals surface area contributed by atoms with E-state index < -0.39 is 0 Å². The fraction of sp³-hybridized carbons (Fsp3) is 1.00. The van der Waals surface area contributed by atoms with Crippen LogP contribution in [0.1, 0.15) is 71.1 Å². The van der Waals surface area contributed by atoms with Gasteiger partial charge in [-0.3, -0.25) is 0 Å². The molecular weight excluding hydrogens is 223 g/mol. The van der Waals surface area contributed by atoms with E-state index in [0.29, 0.717) is 0 Å². The molecule has 2 rings (SSSR count). The summed E-state index contributed by atoms with van der Waals surface area (Å²) in [6.45, 7) is 4.75. The standard InChI is InChI=1S/C16H31P/c1-3-4-13-5-7-14(8-6-13)15-9-11-16(17-2)12-10-15/h13-17H,3-12H2,1-2H3. The average Bonchev–Trinajstić information content (AvgIpc) is 2.40. The molecule has 2 saturated carbocycles. The molecule has 0 aliphatic heterocycles. The van der Waals surface area contributed by atoms with E-state index in [4.69, 9.17) is 0 Å². The van der Waals surface area contributed by atoms with Gasteiger partial charge in [-0.1, -0.05) is 32.6 Å². The maximum Gasteiger partial charge on any atom is -0.0239 e. The minimum Gasteiger partial charge on any atom is -0.122 e. The van der Waals surface area contributed by atoms with Crippen LogP contribution in [0.4, 0.5) is 0 Å².